The molecule has 3 aromatic rings. The van der Waals surface area contributed by atoms with Gasteiger partial charge in [0.05, 0.1) is 12.2 Å². The summed E-state index contributed by atoms with van der Waals surface area (Å²) in [4.78, 5) is 6.84. The Hall–Kier alpha value is -2.74. The van der Waals surface area contributed by atoms with E-state index in [1.165, 1.54) is 10.5 Å². The molecule has 2 unspecified atom stereocenters. The lowest BCUT2D eigenvalue weighted by Gasteiger charge is -2.36. The molecule has 0 bridgehead atoms. The van der Waals surface area contributed by atoms with Crippen LogP contribution < -0.4 is 4.90 Å². The fraction of sp³-hybridized carbons (Fsp3) is 0.320. The molecule has 4 rings (SSSR count). The Labute approximate surface area is 190 Å². The van der Waals surface area contributed by atoms with Gasteiger partial charge in [0, 0.05) is 32.4 Å². The maximum atomic E-state index is 13.6. The van der Waals surface area contributed by atoms with E-state index in [4.69, 9.17) is 4.74 Å². The monoisotopic (exact) mass is 451 g/mol. The molecule has 6 nitrogen and oxygen atoms in total. The number of sulfonamides is 1. The Bertz CT molecular complexity index is 1050. The second-order valence-electron chi connectivity index (χ2n) is 8.26. The molecule has 2 heterocycles. The summed E-state index contributed by atoms with van der Waals surface area (Å²) in [6, 6.07) is 22.7. The minimum atomic E-state index is -3.74. The highest BCUT2D eigenvalue weighted by atomic mass is 32.2. The highest BCUT2D eigenvalue weighted by Crippen LogP contribution is 2.24. The second-order valence-corrected chi connectivity index (χ2v) is 10.2. The van der Waals surface area contributed by atoms with Crippen LogP contribution in [0.5, 0.6) is 0 Å². The predicted octanol–water partition coefficient (Wildman–Crippen LogP) is 4.09. The normalized spacial score (nSPS) is 19.3. The van der Waals surface area contributed by atoms with E-state index < -0.39 is 10.0 Å². The van der Waals surface area contributed by atoms with Gasteiger partial charge in [0.1, 0.15) is 10.7 Å². The molecule has 1 aromatic heterocycles. The van der Waals surface area contributed by atoms with Crippen molar-refractivity contribution < 1.29 is 13.2 Å². The molecule has 7 heteroatoms. The Morgan fingerprint density at radius 1 is 0.875 bits per heavy atom. The molecule has 168 valence electrons. The van der Waals surface area contributed by atoms with Crippen molar-refractivity contribution in [3.05, 3.63) is 90.1 Å². The average molecular weight is 452 g/mol. The molecular weight excluding hydrogens is 422 g/mol. The lowest BCUT2D eigenvalue weighted by Crippen LogP contribution is -2.45. The number of nitrogens with zero attached hydrogens (tertiary/aromatic N) is 3. The number of pyridine rings is 1. The van der Waals surface area contributed by atoms with Gasteiger partial charge in [0.25, 0.3) is 0 Å². The van der Waals surface area contributed by atoms with Crippen LogP contribution in [0.4, 0.5) is 5.82 Å². The summed E-state index contributed by atoms with van der Waals surface area (Å²) in [5.41, 5.74) is 1.88. The van der Waals surface area contributed by atoms with Gasteiger partial charge in [0.2, 0.25) is 10.0 Å². The molecule has 32 heavy (non-hydrogen) atoms. The Morgan fingerprint density at radius 3 is 1.88 bits per heavy atom. The second kappa shape index (κ2) is 9.81. The van der Waals surface area contributed by atoms with Crippen LogP contribution in [0.1, 0.15) is 25.0 Å². The van der Waals surface area contributed by atoms with Crippen LogP contribution in [0.15, 0.2) is 83.9 Å². The smallest absolute Gasteiger partial charge is 0.245 e. The number of anilines is 1. The van der Waals surface area contributed by atoms with Crippen molar-refractivity contribution in [2.24, 2.45) is 0 Å². The molecule has 1 saturated heterocycles. The Kier molecular flexibility index (Phi) is 6.89. The molecule has 2 aromatic carbocycles. The molecule has 2 atom stereocenters. The van der Waals surface area contributed by atoms with Gasteiger partial charge in [-0.1, -0.05) is 60.7 Å². The largest absolute Gasteiger partial charge is 0.372 e. The summed E-state index contributed by atoms with van der Waals surface area (Å²) in [7, 11) is -3.74. The standard InChI is InChI=1S/C25H29N3O3S/c1-20-16-27(17-21(2)31-20)25-14-13-24(15-26-25)32(29,30)28(18-22-9-5-3-6-10-22)19-23-11-7-4-8-12-23/h3-15,20-21H,16-19H2,1-2H3. The molecule has 0 saturated carbocycles. The molecule has 0 spiro atoms. The summed E-state index contributed by atoms with van der Waals surface area (Å²) < 4.78 is 34.5. The quantitative estimate of drug-likeness (QED) is 0.542. The third kappa shape index (κ3) is 5.35. The molecule has 1 aliphatic rings. The van der Waals surface area contributed by atoms with Crippen molar-refractivity contribution in [3.63, 3.8) is 0 Å². The molecule has 0 N–H and O–H groups in total. The van der Waals surface area contributed by atoms with E-state index in [2.05, 4.69) is 9.88 Å². The van der Waals surface area contributed by atoms with E-state index in [-0.39, 0.29) is 30.2 Å². The highest BCUT2D eigenvalue weighted by Gasteiger charge is 2.27. The lowest BCUT2D eigenvalue weighted by atomic mass is 10.2. The zero-order valence-corrected chi connectivity index (χ0v) is 19.3. The van der Waals surface area contributed by atoms with Gasteiger partial charge in [-0.3, -0.25) is 0 Å². The van der Waals surface area contributed by atoms with Crippen LogP contribution in [0.2, 0.25) is 0 Å². The van der Waals surface area contributed by atoms with Gasteiger partial charge >= 0.3 is 0 Å². The van der Waals surface area contributed by atoms with Gasteiger partial charge in [-0.25, -0.2) is 13.4 Å². The van der Waals surface area contributed by atoms with Crippen molar-refractivity contribution in [1.29, 1.82) is 0 Å². The number of morpholine rings is 1. The van der Waals surface area contributed by atoms with Crippen LogP contribution in [0.25, 0.3) is 0 Å². The number of aromatic nitrogens is 1. The summed E-state index contributed by atoms with van der Waals surface area (Å²) in [6.07, 6.45) is 1.69. The van der Waals surface area contributed by atoms with Crippen LogP contribution in [0, 0.1) is 0 Å². The highest BCUT2D eigenvalue weighted by molar-refractivity contribution is 7.89. The Morgan fingerprint density at radius 2 is 1.41 bits per heavy atom. The molecule has 0 aliphatic carbocycles. The number of rotatable bonds is 7. The van der Waals surface area contributed by atoms with E-state index in [1.54, 1.807) is 12.1 Å². The summed E-state index contributed by atoms with van der Waals surface area (Å²) in [6.45, 7) is 6.12. The van der Waals surface area contributed by atoms with Gasteiger partial charge in [-0.2, -0.15) is 4.31 Å². The first-order chi connectivity index (χ1) is 15.4. The van der Waals surface area contributed by atoms with E-state index in [1.807, 2.05) is 74.5 Å². The minimum Gasteiger partial charge on any atom is -0.372 e. The average Bonchev–Trinajstić information content (AvgIpc) is 2.79. The van der Waals surface area contributed by atoms with Gasteiger partial charge in [-0.05, 0) is 37.1 Å². The van der Waals surface area contributed by atoms with Crippen molar-refractivity contribution in [2.45, 2.75) is 44.0 Å². The SMILES string of the molecule is CC1CN(c2ccc(S(=O)(=O)N(Cc3ccccc3)Cc3ccccc3)cn2)CC(C)O1. The van der Waals surface area contributed by atoms with Crippen LogP contribution >= 0.6 is 0 Å². The van der Waals surface area contributed by atoms with Crippen LogP contribution in [0.3, 0.4) is 0 Å². The summed E-state index contributed by atoms with van der Waals surface area (Å²) in [5.74, 6) is 0.767. The topological polar surface area (TPSA) is 62.7 Å². The van der Waals surface area contributed by atoms with E-state index in [0.717, 1.165) is 30.0 Å². The van der Waals surface area contributed by atoms with Crippen molar-refractivity contribution in [2.75, 3.05) is 18.0 Å². The molecule has 0 amide bonds. The molecule has 1 aliphatic heterocycles. The molecular formula is C25H29N3O3S. The zero-order valence-electron chi connectivity index (χ0n) is 18.5. The van der Waals surface area contributed by atoms with Crippen molar-refractivity contribution >= 4 is 15.8 Å². The fourth-order valence-corrected chi connectivity index (χ4v) is 5.39. The molecule has 1 fully saturated rings. The predicted molar refractivity (Wildman–Crippen MR) is 126 cm³/mol. The van der Waals surface area contributed by atoms with E-state index >= 15 is 0 Å². The maximum Gasteiger partial charge on any atom is 0.245 e. The van der Waals surface area contributed by atoms with E-state index in [0.29, 0.717) is 0 Å². The van der Waals surface area contributed by atoms with E-state index in [9.17, 15) is 8.42 Å². The first-order valence-electron chi connectivity index (χ1n) is 10.9. The van der Waals surface area contributed by atoms with Crippen LogP contribution in [-0.2, 0) is 27.8 Å². The lowest BCUT2D eigenvalue weighted by molar-refractivity contribution is -0.00546. The third-order valence-corrected chi connectivity index (χ3v) is 7.28. The number of hydrogen-bond acceptors (Lipinski definition) is 5. The molecule has 0 radical (unpaired) electrons. The number of ether oxygens (including phenoxy) is 1. The van der Waals surface area contributed by atoms with Crippen molar-refractivity contribution in [1.82, 2.24) is 9.29 Å². The van der Waals surface area contributed by atoms with Gasteiger partial charge < -0.3 is 9.64 Å². The minimum absolute atomic E-state index is 0.108. The van der Waals surface area contributed by atoms with Gasteiger partial charge in [0.15, 0.2) is 0 Å². The fourth-order valence-electron chi connectivity index (χ4n) is 4.03. The van der Waals surface area contributed by atoms with Crippen LogP contribution in [-0.4, -0.2) is 43.0 Å². The maximum absolute atomic E-state index is 13.6. The number of hydrogen-bond donors (Lipinski definition) is 0. The zero-order chi connectivity index (χ0) is 22.6. The Balaban J connectivity index is 1.59. The number of benzene rings is 2. The third-order valence-electron chi connectivity index (χ3n) is 5.51. The first-order valence-corrected chi connectivity index (χ1v) is 12.3. The van der Waals surface area contributed by atoms with Crippen molar-refractivity contribution in [3.8, 4) is 0 Å². The summed E-state index contributed by atoms with van der Waals surface area (Å²) >= 11 is 0. The van der Waals surface area contributed by atoms with Gasteiger partial charge in [-0.15, -0.1) is 0 Å². The first kappa shape index (κ1) is 22.5. The summed E-state index contributed by atoms with van der Waals surface area (Å²) in [5, 5.41) is 0.